The molecule has 1 unspecified atom stereocenters. The second-order valence-electron chi connectivity index (χ2n) is 4.27. The highest BCUT2D eigenvalue weighted by molar-refractivity contribution is 6.08. The first-order chi connectivity index (χ1) is 6.35. The molecule has 78 valence electrons. The molecular weight excluding hydrogens is 171 g/mol. The van der Waals surface area contributed by atoms with E-state index in [1.165, 1.54) is 72.9 Å². The lowest BCUT2D eigenvalue weighted by Crippen LogP contribution is -1.99. The molecule has 0 saturated carbocycles. The first-order valence-corrected chi connectivity index (χ1v) is 7.76. The lowest BCUT2D eigenvalue weighted by atomic mass is 9.97. The van der Waals surface area contributed by atoms with Crippen molar-refractivity contribution in [3.05, 3.63) is 0 Å². The molecule has 0 heterocycles. The van der Waals surface area contributed by atoms with Gasteiger partial charge in [0.1, 0.15) is 0 Å². The van der Waals surface area contributed by atoms with Crippen LogP contribution in [0.3, 0.4) is 0 Å². The Hall–Kier alpha value is 0.532. The summed E-state index contributed by atoms with van der Waals surface area (Å²) >= 11 is 1.41. The van der Waals surface area contributed by atoms with Crippen molar-refractivity contribution in [1.29, 1.82) is 0 Å². The van der Waals surface area contributed by atoms with Crippen molar-refractivity contribution in [3.63, 3.8) is 0 Å². The second-order valence-corrected chi connectivity index (χ2v) is 5.08. The van der Waals surface area contributed by atoms with E-state index in [0.29, 0.717) is 0 Å². The van der Waals surface area contributed by atoms with Gasteiger partial charge in [-0.25, -0.2) is 0 Å². The summed E-state index contributed by atoms with van der Waals surface area (Å²) in [5, 5.41) is 1.53. The minimum atomic E-state index is 1.09. The number of hydrogen-bond donors (Lipinski definition) is 0. The molecule has 0 bridgehead atoms. The Labute approximate surface area is 92.9 Å². The van der Waals surface area contributed by atoms with Crippen LogP contribution in [0.5, 0.6) is 0 Å². The predicted molar refractivity (Wildman–Crippen MR) is 65.1 cm³/mol. The molecule has 0 fully saturated rings. The molecule has 13 heavy (non-hydrogen) atoms. The summed E-state index contributed by atoms with van der Waals surface area (Å²) in [6.45, 7) is 4.60. The molecule has 1 heteroatoms. The van der Waals surface area contributed by atoms with Crippen LogP contribution >= 0.6 is 0 Å². The fraction of sp³-hybridized carbons (Fsp3) is 1.00. The molecule has 0 aliphatic rings. The van der Waals surface area contributed by atoms with Gasteiger partial charge in [0.15, 0.2) is 0 Å². The Morgan fingerprint density at radius 3 is 2.00 bits per heavy atom. The van der Waals surface area contributed by atoms with Gasteiger partial charge < -0.3 is 0 Å². The molecule has 0 amide bonds. The number of hydrogen-bond acceptors (Lipinski definition) is 0. The van der Waals surface area contributed by atoms with E-state index < -0.39 is 0 Å². The largest absolute Gasteiger partial charge is 0.212 e. The quantitative estimate of drug-likeness (QED) is 0.390. The minimum absolute atomic E-state index is 1.09. The molecule has 0 nitrogen and oxygen atoms in total. The van der Waals surface area contributed by atoms with Gasteiger partial charge in [-0.2, -0.15) is 0 Å². The Bertz CT molecular complexity index is 91.1. The van der Waals surface area contributed by atoms with Crippen molar-refractivity contribution in [3.8, 4) is 0 Å². The van der Waals surface area contributed by atoms with E-state index in [4.69, 9.17) is 0 Å². The van der Waals surface area contributed by atoms with Crippen molar-refractivity contribution in [1.82, 2.24) is 0 Å². The van der Waals surface area contributed by atoms with Gasteiger partial charge in [0, 0.05) is 0 Å². The molecule has 0 aliphatic carbocycles. The Kier molecular flexibility index (Phi) is 11.0. The molecule has 0 N–H and O–H groups in total. The number of rotatable bonds is 9. The highest BCUT2D eigenvalue weighted by atomic mass is 27.0. The molecule has 0 saturated heterocycles. The summed E-state index contributed by atoms with van der Waals surface area (Å²) in [6, 6.07) is 0. The summed E-state index contributed by atoms with van der Waals surface area (Å²) in [4.78, 5) is 0. The van der Waals surface area contributed by atoms with E-state index in [1.54, 1.807) is 0 Å². The maximum absolute atomic E-state index is 2.31. The minimum Gasteiger partial charge on any atom is -0.0985 e. The van der Waals surface area contributed by atoms with Gasteiger partial charge >= 0.3 is 0 Å². The summed E-state index contributed by atoms with van der Waals surface area (Å²) in [7, 11) is 0. The fourth-order valence-corrected chi connectivity index (χ4v) is 2.72. The third-order valence-corrected chi connectivity index (χ3v) is 4.16. The van der Waals surface area contributed by atoms with Crippen LogP contribution in [0.1, 0.15) is 65.2 Å². The van der Waals surface area contributed by atoms with E-state index in [1.807, 2.05) is 0 Å². The van der Waals surface area contributed by atoms with Crippen molar-refractivity contribution < 1.29 is 0 Å². The zero-order chi connectivity index (χ0) is 9.94. The summed E-state index contributed by atoms with van der Waals surface area (Å²) in [5.41, 5.74) is 0. The third-order valence-electron chi connectivity index (χ3n) is 3.01. The Balaban J connectivity index is 3.25. The summed E-state index contributed by atoms with van der Waals surface area (Å²) < 4.78 is 0. The maximum atomic E-state index is 2.31. The Morgan fingerprint density at radius 2 is 1.46 bits per heavy atom. The van der Waals surface area contributed by atoms with E-state index in [0.717, 1.165) is 5.92 Å². The van der Waals surface area contributed by atoms with Crippen LogP contribution in [0, 0.1) is 5.92 Å². The lowest BCUT2D eigenvalue weighted by molar-refractivity contribution is 0.445. The summed E-state index contributed by atoms with van der Waals surface area (Å²) in [5.74, 6) is 1.09. The van der Waals surface area contributed by atoms with E-state index in [2.05, 4.69) is 13.8 Å². The monoisotopic (exact) mass is 198 g/mol. The molecular formula is C12H27Al. The van der Waals surface area contributed by atoms with Crippen LogP contribution in [0.4, 0.5) is 0 Å². The van der Waals surface area contributed by atoms with Gasteiger partial charge in [0.05, 0.1) is 0 Å². The second kappa shape index (κ2) is 10.6. The normalized spacial score (nSPS) is 13.1. The van der Waals surface area contributed by atoms with Gasteiger partial charge in [-0.1, -0.05) is 76.4 Å². The molecule has 0 aromatic heterocycles. The average Bonchev–Trinajstić information content (AvgIpc) is 2.17. The van der Waals surface area contributed by atoms with Crippen molar-refractivity contribution in [2.24, 2.45) is 5.92 Å². The standard InChI is InChI=1S/C12H25.Al.2H/c1-4-6-8-9-11-12(3)10-7-5-2;;;/h12H,3-11H2,1-2H3;;;. The summed E-state index contributed by atoms with van der Waals surface area (Å²) in [6.07, 6.45) is 11.6. The van der Waals surface area contributed by atoms with Crippen LogP contribution in [0.25, 0.3) is 0 Å². The lowest BCUT2D eigenvalue weighted by Gasteiger charge is -2.13. The third kappa shape index (κ3) is 8.85. The van der Waals surface area contributed by atoms with Crippen LogP contribution in [0.2, 0.25) is 5.28 Å². The van der Waals surface area contributed by atoms with Crippen molar-refractivity contribution >= 4 is 16.3 Å². The van der Waals surface area contributed by atoms with Crippen molar-refractivity contribution in [2.75, 3.05) is 0 Å². The molecule has 0 radical (unpaired) electrons. The number of unbranched alkanes of at least 4 members (excludes halogenated alkanes) is 4. The maximum Gasteiger partial charge on any atom is 0.212 e. The molecule has 0 aliphatic heterocycles. The zero-order valence-electron chi connectivity index (χ0n) is 9.94. The van der Waals surface area contributed by atoms with Gasteiger partial charge in [-0.05, 0) is 0 Å². The van der Waals surface area contributed by atoms with E-state index in [9.17, 15) is 0 Å². The predicted octanol–water partition coefficient (Wildman–Crippen LogP) is 3.81. The topological polar surface area (TPSA) is 0 Å². The van der Waals surface area contributed by atoms with Gasteiger partial charge in [0.2, 0.25) is 16.3 Å². The van der Waals surface area contributed by atoms with Gasteiger partial charge in [-0.15, -0.1) is 0 Å². The van der Waals surface area contributed by atoms with Crippen LogP contribution in [-0.4, -0.2) is 16.3 Å². The van der Waals surface area contributed by atoms with Gasteiger partial charge in [-0.3, -0.25) is 0 Å². The molecule has 0 aromatic rings. The first-order valence-electron chi connectivity index (χ1n) is 6.35. The van der Waals surface area contributed by atoms with E-state index >= 15 is 0 Å². The Morgan fingerprint density at radius 1 is 0.846 bits per heavy atom. The highest BCUT2D eigenvalue weighted by Crippen LogP contribution is 2.19. The molecule has 0 aromatic carbocycles. The zero-order valence-corrected chi connectivity index (χ0v) is 11.9. The molecule has 1 atom stereocenters. The van der Waals surface area contributed by atoms with Crippen LogP contribution < -0.4 is 0 Å². The van der Waals surface area contributed by atoms with E-state index in [-0.39, 0.29) is 0 Å². The smallest absolute Gasteiger partial charge is 0.0985 e. The molecule has 0 spiro atoms. The van der Waals surface area contributed by atoms with Crippen LogP contribution in [0.15, 0.2) is 0 Å². The first kappa shape index (κ1) is 13.5. The fourth-order valence-electron chi connectivity index (χ4n) is 1.91. The van der Waals surface area contributed by atoms with Gasteiger partial charge in [0.25, 0.3) is 0 Å². The highest BCUT2D eigenvalue weighted by Gasteiger charge is 2.04. The van der Waals surface area contributed by atoms with Crippen molar-refractivity contribution in [2.45, 2.75) is 70.5 Å². The SMILES string of the molecule is CCCCCCC([CH2][AlH2])CCCC. The van der Waals surface area contributed by atoms with Crippen LogP contribution in [-0.2, 0) is 0 Å². The molecule has 0 rings (SSSR count). The average molecular weight is 198 g/mol.